The van der Waals surface area contributed by atoms with Crippen LogP contribution in [0.3, 0.4) is 0 Å². The van der Waals surface area contributed by atoms with Crippen molar-refractivity contribution in [1.29, 1.82) is 0 Å². The van der Waals surface area contributed by atoms with Gasteiger partial charge in [0.15, 0.2) is 11.2 Å². The van der Waals surface area contributed by atoms with Crippen molar-refractivity contribution in [3.63, 3.8) is 0 Å². The van der Waals surface area contributed by atoms with E-state index in [0.717, 1.165) is 0 Å². The zero-order valence-corrected chi connectivity index (χ0v) is 17.7. The smallest absolute Gasteiger partial charge is 0.421 e. The molecule has 9 heteroatoms. The first-order valence-electron chi connectivity index (χ1n) is 9.95. The monoisotopic (exact) mass is 435 g/mol. The number of nitrogens with zero attached hydrogens (tertiary/aromatic N) is 3. The number of aryl methyl sites for hydroxylation is 1. The van der Waals surface area contributed by atoms with Gasteiger partial charge in [-0.1, -0.05) is 20.8 Å². The van der Waals surface area contributed by atoms with Crippen LogP contribution in [0.2, 0.25) is 0 Å². The van der Waals surface area contributed by atoms with Crippen LogP contribution in [0.5, 0.6) is 5.75 Å². The van der Waals surface area contributed by atoms with Gasteiger partial charge in [0.05, 0.1) is 17.8 Å². The summed E-state index contributed by atoms with van der Waals surface area (Å²) in [7, 11) is 1.61. The van der Waals surface area contributed by atoms with E-state index >= 15 is 0 Å². The van der Waals surface area contributed by atoms with E-state index in [1.54, 1.807) is 29.8 Å². The van der Waals surface area contributed by atoms with E-state index in [-0.39, 0.29) is 29.0 Å². The second kappa shape index (κ2) is 6.85. The lowest BCUT2D eigenvalue weighted by molar-refractivity contribution is -0.274. The van der Waals surface area contributed by atoms with Gasteiger partial charge in [0.2, 0.25) is 0 Å². The van der Waals surface area contributed by atoms with Crippen molar-refractivity contribution in [2.45, 2.75) is 45.5 Å². The molecule has 0 aliphatic carbocycles. The molecule has 1 atom stereocenters. The molecule has 2 aromatic heterocycles. The van der Waals surface area contributed by atoms with Crippen LogP contribution in [0.15, 0.2) is 35.1 Å². The minimum Gasteiger partial charge on any atom is -0.493 e. The highest BCUT2D eigenvalue weighted by atomic mass is 19.4. The number of pyridine rings is 1. The summed E-state index contributed by atoms with van der Waals surface area (Å²) in [6, 6.07) is 7.69. The zero-order valence-electron chi connectivity index (χ0n) is 17.7. The number of benzene rings is 1. The predicted octanol–water partition coefficient (Wildman–Crippen LogP) is 3.98. The molecule has 0 saturated heterocycles. The first kappa shape index (κ1) is 21.4. The molecule has 1 aliphatic rings. The fraction of sp³-hybridized carbons (Fsp3) is 0.455. The second-order valence-electron chi connectivity index (χ2n) is 9.20. The minimum absolute atomic E-state index is 0.000340. The van der Waals surface area contributed by atoms with E-state index in [1.807, 2.05) is 20.8 Å². The summed E-state index contributed by atoms with van der Waals surface area (Å²) in [6.07, 6.45) is -5.42. The Morgan fingerprint density at radius 3 is 2.55 bits per heavy atom. The summed E-state index contributed by atoms with van der Waals surface area (Å²) in [5.74, 6) is -0.000340. The van der Waals surface area contributed by atoms with Crippen molar-refractivity contribution in [2.75, 3.05) is 6.61 Å². The van der Waals surface area contributed by atoms with Crippen molar-refractivity contribution >= 4 is 11.2 Å². The van der Waals surface area contributed by atoms with Crippen molar-refractivity contribution in [3.05, 3.63) is 46.4 Å². The first-order chi connectivity index (χ1) is 14.3. The Kier molecular flexibility index (Phi) is 4.73. The van der Waals surface area contributed by atoms with Crippen LogP contribution in [0.4, 0.5) is 13.2 Å². The molecule has 0 amide bonds. The van der Waals surface area contributed by atoms with E-state index in [1.165, 1.54) is 16.7 Å². The van der Waals surface area contributed by atoms with Gasteiger partial charge in [-0.25, -0.2) is 9.78 Å². The van der Waals surface area contributed by atoms with Crippen LogP contribution < -0.4 is 10.4 Å². The number of rotatable bonds is 2. The minimum atomic E-state index is -4.84. The lowest BCUT2D eigenvalue weighted by Gasteiger charge is -2.36. The summed E-state index contributed by atoms with van der Waals surface area (Å²) >= 11 is 0. The van der Waals surface area contributed by atoms with Crippen molar-refractivity contribution < 1.29 is 23.0 Å². The summed E-state index contributed by atoms with van der Waals surface area (Å²) in [4.78, 5) is 17.3. The van der Waals surface area contributed by atoms with Crippen LogP contribution in [0.25, 0.3) is 22.4 Å². The average Bonchev–Trinajstić information content (AvgIpc) is 2.90. The molecular formula is C22H24F3N3O3. The Hall–Kier alpha value is -2.81. The molecule has 1 aromatic carbocycles. The molecule has 0 spiro atoms. The number of hydrogen-bond donors (Lipinski definition) is 1. The molecule has 31 heavy (non-hydrogen) atoms. The molecule has 0 fully saturated rings. The van der Waals surface area contributed by atoms with Crippen molar-refractivity contribution in [1.82, 2.24) is 14.1 Å². The lowest BCUT2D eigenvalue weighted by Crippen LogP contribution is -2.45. The van der Waals surface area contributed by atoms with Gasteiger partial charge >= 0.3 is 11.9 Å². The van der Waals surface area contributed by atoms with Gasteiger partial charge in [-0.15, -0.1) is 0 Å². The van der Waals surface area contributed by atoms with Gasteiger partial charge in [0.1, 0.15) is 5.75 Å². The molecule has 4 rings (SSSR count). The highest BCUT2D eigenvalue weighted by molar-refractivity contribution is 5.76. The number of hydrogen-bond acceptors (Lipinski definition) is 4. The molecule has 1 unspecified atom stereocenters. The van der Waals surface area contributed by atoms with Crippen LogP contribution >= 0.6 is 0 Å². The van der Waals surface area contributed by atoms with E-state index in [2.05, 4.69) is 4.98 Å². The van der Waals surface area contributed by atoms with Gasteiger partial charge < -0.3 is 9.84 Å². The molecular weight excluding hydrogens is 411 g/mol. The number of halogens is 3. The number of ether oxygens (including phenoxy) is 1. The normalized spacial score (nSPS) is 19.4. The third-order valence-corrected chi connectivity index (χ3v) is 5.52. The number of aliphatic hydroxyl groups is 1. The predicted molar refractivity (Wildman–Crippen MR) is 110 cm³/mol. The quantitative estimate of drug-likeness (QED) is 0.661. The molecule has 1 N–H and O–H groups in total. The van der Waals surface area contributed by atoms with Gasteiger partial charge in [-0.3, -0.25) is 9.13 Å². The summed E-state index contributed by atoms with van der Waals surface area (Å²) in [6.45, 7) is 6.35. The molecule has 0 saturated carbocycles. The largest absolute Gasteiger partial charge is 0.493 e. The fourth-order valence-electron chi connectivity index (χ4n) is 3.94. The highest BCUT2D eigenvalue weighted by Gasteiger charge is 2.57. The number of imidazole rings is 1. The van der Waals surface area contributed by atoms with Gasteiger partial charge in [0.25, 0.3) is 0 Å². The van der Waals surface area contributed by atoms with Crippen LogP contribution in [-0.2, 0) is 19.2 Å². The zero-order chi connectivity index (χ0) is 22.8. The maximum atomic E-state index is 13.6. The lowest BCUT2D eigenvalue weighted by atomic mass is 9.86. The Balaban J connectivity index is 1.85. The third-order valence-electron chi connectivity index (χ3n) is 5.52. The number of aromatic nitrogens is 3. The van der Waals surface area contributed by atoms with Crippen LogP contribution in [0.1, 0.15) is 32.8 Å². The SMILES string of the molecule is Cn1c(=O)n(CC(C)(C)C)c2ccc(-c3ccc4c(c3)C(O)(C(F)(F)F)CCO4)nc21. The Labute approximate surface area is 176 Å². The molecule has 0 bridgehead atoms. The van der Waals surface area contributed by atoms with Crippen LogP contribution in [-0.4, -0.2) is 32.0 Å². The summed E-state index contributed by atoms with van der Waals surface area (Å²) in [5, 5.41) is 10.4. The van der Waals surface area contributed by atoms with Gasteiger partial charge in [-0.2, -0.15) is 13.2 Å². The topological polar surface area (TPSA) is 69.3 Å². The molecule has 1 aliphatic heterocycles. The molecule has 3 aromatic rings. The van der Waals surface area contributed by atoms with Gasteiger partial charge in [-0.05, 0) is 35.7 Å². The molecule has 3 heterocycles. The standard InChI is InChI=1S/C22H24F3N3O3/c1-20(2,3)12-28-16-7-6-15(26-18(16)27(4)19(28)29)13-5-8-17-14(11-13)21(30,9-10-31-17)22(23,24)25/h5-8,11,30H,9-10,12H2,1-4H3. The summed E-state index contributed by atoms with van der Waals surface area (Å²) in [5.41, 5.74) is -1.77. The second-order valence-corrected chi connectivity index (χ2v) is 9.20. The Bertz CT molecular complexity index is 1220. The number of alkyl halides is 3. The molecule has 166 valence electrons. The maximum absolute atomic E-state index is 13.6. The van der Waals surface area contributed by atoms with Crippen LogP contribution in [0, 0.1) is 5.41 Å². The van der Waals surface area contributed by atoms with E-state index in [0.29, 0.717) is 29.0 Å². The van der Waals surface area contributed by atoms with E-state index < -0.39 is 18.2 Å². The Morgan fingerprint density at radius 2 is 1.90 bits per heavy atom. The molecule has 6 nitrogen and oxygen atoms in total. The maximum Gasteiger partial charge on any atom is 0.421 e. The van der Waals surface area contributed by atoms with Gasteiger partial charge in [0, 0.05) is 31.1 Å². The first-order valence-corrected chi connectivity index (χ1v) is 9.95. The molecule has 0 radical (unpaired) electrons. The highest BCUT2D eigenvalue weighted by Crippen LogP contribution is 2.48. The van der Waals surface area contributed by atoms with Crippen molar-refractivity contribution in [2.24, 2.45) is 12.5 Å². The number of fused-ring (bicyclic) bond motifs is 2. The Morgan fingerprint density at radius 1 is 1.19 bits per heavy atom. The third kappa shape index (κ3) is 3.50. The summed E-state index contributed by atoms with van der Waals surface area (Å²) < 4.78 is 49.3. The van der Waals surface area contributed by atoms with Crippen molar-refractivity contribution in [3.8, 4) is 17.0 Å². The van der Waals surface area contributed by atoms with E-state index in [9.17, 15) is 23.1 Å². The average molecular weight is 435 g/mol. The fourth-order valence-corrected chi connectivity index (χ4v) is 3.94. The van der Waals surface area contributed by atoms with E-state index in [4.69, 9.17) is 4.74 Å².